The molecule has 0 atom stereocenters. The van der Waals surface area contributed by atoms with Gasteiger partial charge in [0.2, 0.25) is 5.88 Å². The SMILES string of the molecule is [Na+].[O-]c1cc(-c2cnc(OC3CC(COc4cccc(F)c4)C3)cn2)on1. The predicted molar refractivity (Wildman–Crippen MR) is 86.0 cm³/mol. The van der Waals surface area contributed by atoms with E-state index < -0.39 is 5.88 Å². The van der Waals surface area contributed by atoms with Crippen LogP contribution in [0.3, 0.4) is 0 Å². The van der Waals surface area contributed by atoms with E-state index in [1.54, 1.807) is 12.1 Å². The van der Waals surface area contributed by atoms with Gasteiger partial charge in [0.1, 0.15) is 23.4 Å². The van der Waals surface area contributed by atoms with E-state index in [2.05, 4.69) is 15.1 Å². The Morgan fingerprint density at radius 2 is 2.04 bits per heavy atom. The Hall–Kier alpha value is -2.16. The summed E-state index contributed by atoms with van der Waals surface area (Å²) in [6.45, 7) is 0.525. The zero-order valence-corrected chi connectivity index (χ0v) is 16.7. The molecule has 134 valence electrons. The molecule has 0 unspecified atom stereocenters. The van der Waals surface area contributed by atoms with Crippen LogP contribution >= 0.6 is 0 Å². The Kier molecular flexibility index (Phi) is 6.30. The smallest absolute Gasteiger partial charge is 0.856 e. The molecule has 1 aromatic carbocycles. The van der Waals surface area contributed by atoms with Gasteiger partial charge in [0.25, 0.3) is 0 Å². The van der Waals surface area contributed by atoms with Crippen LogP contribution in [-0.4, -0.2) is 27.8 Å². The Bertz CT molecular complexity index is 884. The van der Waals surface area contributed by atoms with Crippen LogP contribution in [0.25, 0.3) is 11.5 Å². The van der Waals surface area contributed by atoms with Gasteiger partial charge in [-0.25, -0.2) is 14.4 Å². The average Bonchev–Trinajstić information content (AvgIpc) is 3.04. The Morgan fingerprint density at radius 1 is 1.19 bits per heavy atom. The van der Waals surface area contributed by atoms with Gasteiger partial charge in [-0.05, 0) is 30.9 Å². The van der Waals surface area contributed by atoms with Crippen LogP contribution < -0.4 is 44.1 Å². The Morgan fingerprint density at radius 3 is 2.70 bits per heavy atom. The standard InChI is InChI=1S/C18H16FN3O4.Na/c19-12-2-1-3-13(6-12)24-10-11-4-14(5-11)25-18-9-20-15(8-21-18)16-7-17(23)22-26-16;/h1-3,6-9,11,14H,4-5,10H2,(H,22,23);/q;+1/p-1. The van der Waals surface area contributed by atoms with Gasteiger partial charge in [-0.2, -0.15) is 0 Å². The van der Waals surface area contributed by atoms with Crippen LogP contribution in [0.4, 0.5) is 4.39 Å². The minimum Gasteiger partial charge on any atom is -0.856 e. The fraction of sp³-hybridized carbons (Fsp3) is 0.278. The van der Waals surface area contributed by atoms with Crippen molar-refractivity contribution in [3.8, 4) is 29.0 Å². The topological polar surface area (TPSA) is 93.3 Å². The van der Waals surface area contributed by atoms with Gasteiger partial charge in [-0.3, -0.25) is 0 Å². The molecule has 1 aliphatic carbocycles. The summed E-state index contributed by atoms with van der Waals surface area (Å²) < 4.78 is 29.3. The average molecular weight is 379 g/mol. The zero-order valence-electron chi connectivity index (χ0n) is 14.7. The molecule has 0 aliphatic heterocycles. The number of nitrogens with zero attached hydrogens (tertiary/aromatic N) is 3. The second kappa shape index (κ2) is 8.69. The molecule has 7 nitrogen and oxygen atoms in total. The first-order valence-electron chi connectivity index (χ1n) is 8.17. The van der Waals surface area contributed by atoms with Crippen LogP contribution in [0.15, 0.2) is 47.2 Å². The second-order valence-corrected chi connectivity index (χ2v) is 6.11. The first-order valence-corrected chi connectivity index (χ1v) is 8.17. The summed E-state index contributed by atoms with van der Waals surface area (Å²) in [6.07, 6.45) is 4.67. The maximum Gasteiger partial charge on any atom is 1.00 e. The maximum atomic E-state index is 13.1. The summed E-state index contributed by atoms with van der Waals surface area (Å²) in [5, 5.41) is 14.3. The molecule has 2 heterocycles. The summed E-state index contributed by atoms with van der Waals surface area (Å²) >= 11 is 0. The summed E-state index contributed by atoms with van der Waals surface area (Å²) in [5.74, 6) is 0.807. The maximum absolute atomic E-state index is 13.1. The van der Waals surface area contributed by atoms with Gasteiger partial charge >= 0.3 is 29.6 Å². The van der Waals surface area contributed by atoms with Crippen molar-refractivity contribution >= 4 is 0 Å². The van der Waals surface area contributed by atoms with Crippen LogP contribution in [-0.2, 0) is 0 Å². The number of aromatic nitrogens is 3. The number of rotatable bonds is 6. The zero-order chi connectivity index (χ0) is 17.9. The molecule has 0 bridgehead atoms. The van der Waals surface area contributed by atoms with E-state index in [0.717, 1.165) is 12.8 Å². The summed E-state index contributed by atoms with van der Waals surface area (Å²) in [6, 6.07) is 7.36. The third-order valence-corrected chi connectivity index (χ3v) is 4.13. The number of benzene rings is 1. The summed E-state index contributed by atoms with van der Waals surface area (Å²) in [5.41, 5.74) is 0.418. The molecular weight excluding hydrogens is 364 g/mol. The van der Waals surface area contributed by atoms with Crippen LogP contribution in [0.5, 0.6) is 17.5 Å². The van der Waals surface area contributed by atoms with Crippen molar-refractivity contribution in [1.82, 2.24) is 15.1 Å². The van der Waals surface area contributed by atoms with Gasteiger partial charge in [-0.15, -0.1) is 0 Å². The molecule has 2 aromatic heterocycles. The van der Waals surface area contributed by atoms with E-state index in [-0.39, 0.29) is 47.2 Å². The van der Waals surface area contributed by atoms with E-state index in [1.807, 2.05) is 0 Å². The van der Waals surface area contributed by atoms with Crippen molar-refractivity contribution in [3.63, 3.8) is 0 Å². The molecule has 0 radical (unpaired) electrons. The molecule has 9 heteroatoms. The largest absolute Gasteiger partial charge is 1.00 e. The Labute approximate surface area is 176 Å². The molecule has 0 spiro atoms. The third kappa shape index (κ3) is 4.97. The van der Waals surface area contributed by atoms with Crippen LogP contribution in [0, 0.1) is 11.7 Å². The van der Waals surface area contributed by atoms with Crippen molar-refractivity contribution in [1.29, 1.82) is 0 Å². The molecule has 1 aliphatic rings. The fourth-order valence-corrected chi connectivity index (χ4v) is 2.73. The Balaban J connectivity index is 0.00000210. The second-order valence-electron chi connectivity index (χ2n) is 6.11. The summed E-state index contributed by atoms with van der Waals surface area (Å²) in [7, 11) is 0. The normalized spacial score (nSPS) is 18.3. The molecule has 0 saturated heterocycles. The summed E-state index contributed by atoms with van der Waals surface area (Å²) in [4.78, 5) is 8.32. The van der Waals surface area contributed by atoms with E-state index in [9.17, 15) is 9.50 Å². The first-order chi connectivity index (χ1) is 12.7. The minimum absolute atomic E-state index is 0. The molecule has 27 heavy (non-hydrogen) atoms. The number of ether oxygens (including phenoxy) is 2. The predicted octanol–water partition coefficient (Wildman–Crippen LogP) is -0.415. The van der Waals surface area contributed by atoms with Crippen molar-refractivity contribution in [2.45, 2.75) is 18.9 Å². The van der Waals surface area contributed by atoms with Gasteiger partial charge in [0, 0.05) is 18.0 Å². The molecule has 0 amide bonds. The molecular formula is C18H15FN3NaO4. The van der Waals surface area contributed by atoms with Gasteiger partial charge in [0.15, 0.2) is 5.76 Å². The first kappa shape index (κ1) is 19.6. The van der Waals surface area contributed by atoms with Crippen molar-refractivity contribution in [2.75, 3.05) is 6.61 Å². The van der Waals surface area contributed by atoms with E-state index in [4.69, 9.17) is 14.0 Å². The van der Waals surface area contributed by atoms with Gasteiger partial charge in [0.05, 0.1) is 19.0 Å². The number of hydrogen-bond donors (Lipinski definition) is 0. The van der Waals surface area contributed by atoms with Gasteiger partial charge in [-0.1, -0.05) is 11.2 Å². The molecule has 3 aromatic rings. The van der Waals surface area contributed by atoms with E-state index >= 15 is 0 Å². The molecule has 1 fully saturated rings. The van der Waals surface area contributed by atoms with Crippen molar-refractivity contribution in [3.05, 3.63) is 48.5 Å². The minimum atomic E-state index is -0.455. The van der Waals surface area contributed by atoms with Gasteiger partial charge < -0.3 is 19.1 Å². The number of hydrogen-bond acceptors (Lipinski definition) is 7. The molecule has 0 N–H and O–H groups in total. The fourth-order valence-electron chi connectivity index (χ4n) is 2.73. The quantitative estimate of drug-likeness (QED) is 0.537. The van der Waals surface area contributed by atoms with Crippen LogP contribution in [0.1, 0.15) is 12.8 Å². The van der Waals surface area contributed by atoms with E-state index in [1.165, 1.54) is 30.6 Å². The van der Waals surface area contributed by atoms with Crippen molar-refractivity contribution < 1.29 is 53.1 Å². The molecule has 4 rings (SSSR count). The van der Waals surface area contributed by atoms with E-state index in [0.29, 0.717) is 29.8 Å². The van der Waals surface area contributed by atoms with Crippen molar-refractivity contribution in [2.24, 2.45) is 5.92 Å². The molecule has 1 saturated carbocycles. The van der Waals surface area contributed by atoms with Crippen LogP contribution in [0.2, 0.25) is 0 Å². The third-order valence-electron chi connectivity index (χ3n) is 4.13. The monoisotopic (exact) mass is 379 g/mol. The number of halogens is 1.